The second kappa shape index (κ2) is 10.8. The summed E-state index contributed by atoms with van der Waals surface area (Å²) in [6, 6.07) is 14.7. The Morgan fingerprint density at radius 2 is 1.71 bits per heavy atom. The average Bonchev–Trinajstić information content (AvgIpc) is 2.79. The van der Waals surface area contributed by atoms with Gasteiger partial charge in [0, 0.05) is 18.0 Å². The zero-order chi connectivity index (χ0) is 22.1. The van der Waals surface area contributed by atoms with E-state index in [0.717, 1.165) is 22.4 Å². The molecular weight excluding hydrogens is 394 g/mol. The van der Waals surface area contributed by atoms with E-state index < -0.39 is 0 Å². The summed E-state index contributed by atoms with van der Waals surface area (Å²) < 4.78 is 17.1. The number of nitrogens with one attached hydrogen (secondary N) is 1. The number of benzene rings is 2. The fourth-order valence-electron chi connectivity index (χ4n) is 2.94. The fraction of sp³-hybridized carbons (Fsp3) is 0.208. The first-order chi connectivity index (χ1) is 15.1. The molecule has 7 nitrogen and oxygen atoms in total. The number of nitrogens with zero attached hydrogens (tertiary/aromatic N) is 2. The van der Waals surface area contributed by atoms with Crippen molar-refractivity contribution in [3.05, 3.63) is 83.2 Å². The number of carbonyl (C=O) groups is 1. The summed E-state index contributed by atoms with van der Waals surface area (Å²) in [6.07, 6.45) is 4.64. The lowest BCUT2D eigenvalue weighted by Gasteiger charge is -2.14. The summed E-state index contributed by atoms with van der Waals surface area (Å²) in [7, 11) is 1.57. The SMILES string of the molecule is COc1cc(/C=N\NC(=O)c2ccncc2)ccc1OCCOc1c(C)cccc1C. The molecule has 0 unspecified atom stereocenters. The molecule has 0 aliphatic carbocycles. The van der Waals surface area contributed by atoms with Crippen LogP contribution >= 0.6 is 0 Å². The zero-order valence-corrected chi connectivity index (χ0v) is 17.8. The molecule has 0 atom stereocenters. The summed E-state index contributed by atoms with van der Waals surface area (Å²) in [4.78, 5) is 15.9. The molecule has 0 aliphatic rings. The van der Waals surface area contributed by atoms with E-state index in [-0.39, 0.29) is 5.91 Å². The Morgan fingerprint density at radius 3 is 2.42 bits per heavy atom. The molecule has 1 aromatic heterocycles. The molecule has 0 radical (unpaired) electrons. The van der Waals surface area contributed by atoms with Crippen LogP contribution in [0.1, 0.15) is 27.0 Å². The van der Waals surface area contributed by atoms with Gasteiger partial charge < -0.3 is 14.2 Å². The van der Waals surface area contributed by atoms with Gasteiger partial charge in [-0.1, -0.05) is 18.2 Å². The molecule has 0 saturated heterocycles. The third-order valence-electron chi connectivity index (χ3n) is 4.51. The van der Waals surface area contributed by atoms with Crippen molar-refractivity contribution in [3.8, 4) is 17.2 Å². The molecule has 7 heteroatoms. The molecule has 0 saturated carbocycles. The molecule has 0 bridgehead atoms. The highest BCUT2D eigenvalue weighted by Crippen LogP contribution is 2.28. The Hall–Kier alpha value is -3.87. The van der Waals surface area contributed by atoms with Gasteiger partial charge in [0.15, 0.2) is 11.5 Å². The second-order valence-electron chi connectivity index (χ2n) is 6.76. The number of methoxy groups -OCH3 is 1. The predicted molar refractivity (Wildman–Crippen MR) is 119 cm³/mol. The van der Waals surface area contributed by atoms with Gasteiger partial charge in [-0.15, -0.1) is 0 Å². The van der Waals surface area contributed by atoms with Crippen LogP contribution in [0.4, 0.5) is 0 Å². The first-order valence-electron chi connectivity index (χ1n) is 9.82. The van der Waals surface area contributed by atoms with E-state index in [1.807, 2.05) is 38.1 Å². The summed E-state index contributed by atoms with van der Waals surface area (Å²) >= 11 is 0. The maximum Gasteiger partial charge on any atom is 0.271 e. The summed E-state index contributed by atoms with van der Waals surface area (Å²) in [5.41, 5.74) is 5.91. The van der Waals surface area contributed by atoms with Crippen molar-refractivity contribution in [2.75, 3.05) is 20.3 Å². The summed E-state index contributed by atoms with van der Waals surface area (Å²) in [5.74, 6) is 1.75. The van der Waals surface area contributed by atoms with Crippen LogP contribution in [-0.2, 0) is 0 Å². The number of hydrazone groups is 1. The standard InChI is InChI=1S/C24H25N3O4/c1-17-5-4-6-18(2)23(17)31-14-13-30-21-8-7-19(15-22(21)29-3)16-26-27-24(28)20-9-11-25-12-10-20/h4-12,15-16H,13-14H2,1-3H3,(H,27,28)/b26-16-. The monoisotopic (exact) mass is 419 g/mol. The molecule has 2 aromatic carbocycles. The largest absolute Gasteiger partial charge is 0.493 e. The maximum absolute atomic E-state index is 12.0. The van der Waals surface area contributed by atoms with E-state index >= 15 is 0 Å². The Kier molecular flexibility index (Phi) is 7.59. The normalized spacial score (nSPS) is 10.7. The van der Waals surface area contributed by atoms with Crippen LogP contribution < -0.4 is 19.6 Å². The zero-order valence-electron chi connectivity index (χ0n) is 17.8. The Labute approximate surface area is 181 Å². The van der Waals surface area contributed by atoms with Crippen molar-refractivity contribution < 1.29 is 19.0 Å². The van der Waals surface area contributed by atoms with Crippen LogP contribution in [0.3, 0.4) is 0 Å². The number of aryl methyl sites for hydroxylation is 2. The van der Waals surface area contributed by atoms with Gasteiger partial charge in [-0.3, -0.25) is 9.78 Å². The Bertz CT molecular complexity index is 1030. The van der Waals surface area contributed by atoms with E-state index in [9.17, 15) is 4.79 Å². The molecule has 1 amide bonds. The van der Waals surface area contributed by atoms with E-state index in [1.165, 1.54) is 6.21 Å². The number of aromatic nitrogens is 1. The van der Waals surface area contributed by atoms with E-state index in [4.69, 9.17) is 14.2 Å². The molecule has 0 spiro atoms. The van der Waals surface area contributed by atoms with Crippen LogP contribution in [0.25, 0.3) is 0 Å². The van der Waals surface area contributed by atoms with Gasteiger partial charge >= 0.3 is 0 Å². The van der Waals surface area contributed by atoms with Crippen molar-refractivity contribution >= 4 is 12.1 Å². The van der Waals surface area contributed by atoms with Gasteiger partial charge in [0.1, 0.15) is 19.0 Å². The second-order valence-corrected chi connectivity index (χ2v) is 6.76. The number of amides is 1. The molecule has 1 heterocycles. The lowest BCUT2D eigenvalue weighted by Crippen LogP contribution is -2.17. The lowest BCUT2D eigenvalue weighted by molar-refractivity contribution is 0.0955. The lowest BCUT2D eigenvalue weighted by atomic mass is 10.1. The molecule has 31 heavy (non-hydrogen) atoms. The third kappa shape index (κ3) is 6.05. The third-order valence-corrected chi connectivity index (χ3v) is 4.51. The maximum atomic E-state index is 12.0. The van der Waals surface area contributed by atoms with Gasteiger partial charge in [-0.05, 0) is 60.9 Å². The first kappa shape index (κ1) is 21.8. The van der Waals surface area contributed by atoms with E-state index in [1.54, 1.807) is 43.8 Å². The Morgan fingerprint density at radius 1 is 1.00 bits per heavy atom. The minimum atomic E-state index is -0.311. The number of hydrogen-bond donors (Lipinski definition) is 1. The van der Waals surface area contributed by atoms with E-state index in [0.29, 0.717) is 30.3 Å². The highest BCUT2D eigenvalue weighted by Gasteiger charge is 2.07. The highest BCUT2D eigenvalue weighted by atomic mass is 16.5. The number of hydrogen-bond acceptors (Lipinski definition) is 6. The van der Waals surface area contributed by atoms with Crippen molar-refractivity contribution in [2.45, 2.75) is 13.8 Å². The summed E-state index contributed by atoms with van der Waals surface area (Å²) in [6.45, 7) is 4.83. The molecule has 3 aromatic rings. The molecule has 3 rings (SSSR count). The highest BCUT2D eigenvalue weighted by molar-refractivity contribution is 5.94. The number of ether oxygens (including phenoxy) is 3. The molecule has 0 aliphatic heterocycles. The van der Waals surface area contributed by atoms with Crippen molar-refractivity contribution in [1.82, 2.24) is 10.4 Å². The van der Waals surface area contributed by atoms with Crippen LogP contribution in [0.15, 0.2) is 66.0 Å². The van der Waals surface area contributed by atoms with Crippen molar-refractivity contribution in [1.29, 1.82) is 0 Å². The fourth-order valence-corrected chi connectivity index (χ4v) is 2.94. The quantitative estimate of drug-likeness (QED) is 0.323. The molecule has 1 N–H and O–H groups in total. The van der Waals surface area contributed by atoms with Gasteiger partial charge in [0.05, 0.1) is 13.3 Å². The molecule has 0 fully saturated rings. The number of para-hydroxylation sites is 1. The number of carbonyl (C=O) groups excluding carboxylic acids is 1. The van der Waals surface area contributed by atoms with Crippen LogP contribution in [0.5, 0.6) is 17.2 Å². The minimum Gasteiger partial charge on any atom is -0.493 e. The minimum absolute atomic E-state index is 0.311. The Balaban J connectivity index is 1.54. The van der Waals surface area contributed by atoms with Crippen LogP contribution in [0.2, 0.25) is 0 Å². The number of rotatable bonds is 9. The molecular formula is C24H25N3O4. The first-order valence-corrected chi connectivity index (χ1v) is 9.82. The van der Waals surface area contributed by atoms with Crippen LogP contribution in [0, 0.1) is 13.8 Å². The average molecular weight is 419 g/mol. The van der Waals surface area contributed by atoms with Gasteiger partial charge in [0.2, 0.25) is 0 Å². The van der Waals surface area contributed by atoms with Gasteiger partial charge in [-0.25, -0.2) is 5.43 Å². The van der Waals surface area contributed by atoms with Crippen molar-refractivity contribution in [2.24, 2.45) is 5.10 Å². The summed E-state index contributed by atoms with van der Waals surface area (Å²) in [5, 5.41) is 3.99. The van der Waals surface area contributed by atoms with E-state index in [2.05, 4.69) is 15.5 Å². The van der Waals surface area contributed by atoms with Gasteiger partial charge in [-0.2, -0.15) is 5.10 Å². The molecule has 160 valence electrons. The predicted octanol–water partition coefficient (Wildman–Crippen LogP) is 3.93. The van der Waals surface area contributed by atoms with Crippen molar-refractivity contribution in [3.63, 3.8) is 0 Å². The topological polar surface area (TPSA) is 82.0 Å². The van der Waals surface area contributed by atoms with Crippen LogP contribution in [-0.4, -0.2) is 37.4 Å². The number of pyridine rings is 1. The smallest absolute Gasteiger partial charge is 0.271 e. The van der Waals surface area contributed by atoms with Gasteiger partial charge in [0.25, 0.3) is 5.91 Å².